The number of hydrogen-bond donors (Lipinski definition) is 1. The lowest BCUT2D eigenvalue weighted by molar-refractivity contribution is 0.0882. The van der Waals surface area contributed by atoms with Gasteiger partial charge < -0.3 is 14.6 Å². The molecule has 0 spiro atoms. The van der Waals surface area contributed by atoms with Crippen LogP contribution < -0.4 is 0 Å². The molecule has 0 fully saturated rings. The average Bonchev–Trinajstić information content (AvgIpc) is 2.20. The van der Waals surface area contributed by atoms with Crippen LogP contribution in [0.15, 0.2) is 0 Å². The van der Waals surface area contributed by atoms with Gasteiger partial charge in [0.2, 0.25) is 0 Å². The third-order valence-electron chi connectivity index (χ3n) is 2.33. The summed E-state index contributed by atoms with van der Waals surface area (Å²) in [5.74, 6) is 0. The second kappa shape index (κ2) is 9.40. The number of nitrogens with zero attached hydrogens (tertiary/aromatic N) is 1. The minimum atomic E-state index is 0.195. The van der Waals surface area contributed by atoms with Crippen molar-refractivity contribution in [2.24, 2.45) is 0 Å². The number of rotatable bonds is 9. The van der Waals surface area contributed by atoms with Gasteiger partial charge >= 0.3 is 0 Å². The fraction of sp³-hybridized carbons (Fsp3) is 1.00. The number of methoxy groups -OCH3 is 2. The van der Waals surface area contributed by atoms with Gasteiger partial charge in [-0.3, -0.25) is 4.90 Å². The molecule has 1 unspecified atom stereocenters. The molecule has 0 aliphatic carbocycles. The van der Waals surface area contributed by atoms with Crippen LogP contribution in [0.3, 0.4) is 0 Å². The zero-order chi connectivity index (χ0) is 10.8. The molecule has 0 saturated carbocycles. The number of aliphatic hydroxyl groups is 1. The Labute approximate surface area is 86.8 Å². The molecule has 1 atom stereocenters. The second-order valence-electron chi connectivity index (χ2n) is 3.38. The van der Waals surface area contributed by atoms with Crippen molar-refractivity contribution < 1.29 is 14.6 Å². The van der Waals surface area contributed by atoms with E-state index in [0.717, 1.165) is 19.6 Å². The molecular weight excluding hydrogens is 182 g/mol. The summed E-state index contributed by atoms with van der Waals surface area (Å²) in [5, 5.41) is 8.90. The number of hydrogen-bond acceptors (Lipinski definition) is 4. The first-order valence-corrected chi connectivity index (χ1v) is 5.09. The topological polar surface area (TPSA) is 41.9 Å². The quantitative estimate of drug-likeness (QED) is 0.590. The highest BCUT2D eigenvalue weighted by atomic mass is 16.5. The normalized spacial score (nSPS) is 13.5. The first kappa shape index (κ1) is 13.8. The van der Waals surface area contributed by atoms with Crippen LogP contribution in [0.2, 0.25) is 0 Å². The Kier molecular flexibility index (Phi) is 9.29. The van der Waals surface area contributed by atoms with Gasteiger partial charge in [0.1, 0.15) is 0 Å². The molecule has 0 aromatic rings. The minimum absolute atomic E-state index is 0.195. The van der Waals surface area contributed by atoms with Crippen LogP contribution >= 0.6 is 0 Å². The Morgan fingerprint density at radius 3 is 2.29 bits per heavy atom. The summed E-state index contributed by atoms with van der Waals surface area (Å²) in [5.41, 5.74) is 0. The van der Waals surface area contributed by atoms with Gasteiger partial charge in [0.05, 0.1) is 13.2 Å². The monoisotopic (exact) mass is 205 g/mol. The van der Waals surface area contributed by atoms with Crippen molar-refractivity contribution in [1.82, 2.24) is 4.90 Å². The second-order valence-corrected chi connectivity index (χ2v) is 3.38. The number of aliphatic hydroxyl groups excluding tert-OH is 1. The van der Waals surface area contributed by atoms with E-state index < -0.39 is 0 Å². The first-order valence-electron chi connectivity index (χ1n) is 5.09. The van der Waals surface area contributed by atoms with Gasteiger partial charge in [0.25, 0.3) is 0 Å². The predicted octanol–water partition coefficient (Wildman–Crippen LogP) is 0.352. The molecule has 0 amide bonds. The Hall–Kier alpha value is -0.160. The van der Waals surface area contributed by atoms with E-state index >= 15 is 0 Å². The molecule has 0 rings (SSSR count). The fourth-order valence-electron chi connectivity index (χ4n) is 1.36. The van der Waals surface area contributed by atoms with Crippen molar-refractivity contribution in [3.8, 4) is 0 Å². The van der Waals surface area contributed by atoms with Crippen LogP contribution in [0.1, 0.15) is 13.3 Å². The summed E-state index contributed by atoms with van der Waals surface area (Å²) in [7, 11) is 3.40. The van der Waals surface area contributed by atoms with Crippen molar-refractivity contribution in [2.45, 2.75) is 19.4 Å². The molecule has 0 aliphatic rings. The summed E-state index contributed by atoms with van der Waals surface area (Å²) in [6.07, 6.45) is 0.986. The molecule has 0 aliphatic heterocycles. The molecule has 0 saturated heterocycles. The van der Waals surface area contributed by atoms with Crippen LogP contribution in [0.25, 0.3) is 0 Å². The fourth-order valence-corrected chi connectivity index (χ4v) is 1.36. The average molecular weight is 205 g/mol. The van der Waals surface area contributed by atoms with Gasteiger partial charge in [0.15, 0.2) is 0 Å². The third kappa shape index (κ3) is 6.32. The molecule has 4 heteroatoms. The lowest BCUT2D eigenvalue weighted by Crippen LogP contribution is -2.38. The van der Waals surface area contributed by atoms with E-state index in [9.17, 15) is 0 Å². The molecule has 14 heavy (non-hydrogen) atoms. The lowest BCUT2D eigenvalue weighted by Gasteiger charge is -2.27. The van der Waals surface area contributed by atoms with Crippen molar-refractivity contribution in [2.75, 3.05) is 47.1 Å². The van der Waals surface area contributed by atoms with Crippen LogP contribution in [0.4, 0.5) is 0 Å². The maximum atomic E-state index is 8.90. The molecule has 0 heterocycles. The largest absolute Gasteiger partial charge is 0.395 e. The van der Waals surface area contributed by atoms with Crippen molar-refractivity contribution in [3.63, 3.8) is 0 Å². The van der Waals surface area contributed by atoms with Gasteiger partial charge in [-0.2, -0.15) is 0 Å². The maximum Gasteiger partial charge on any atom is 0.0589 e. The van der Waals surface area contributed by atoms with Gasteiger partial charge in [0, 0.05) is 40.0 Å². The van der Waals surface area contributed by atoms with E-state index in [4.69, 9.17) is 14.6 Å². The maximum absolute atomic E-state index is 8.90. The first-order chi connectivity index (χ1) is 6.76. The van der Waals surface area contributed by atoms with Gasteiger partial charge in [-0.25, -0.2) is 0 Å². The smallest absolute Gasteiger partial charge is 0.0589 e. The van der Waals surface area contributed by atoms with Crippen LogP contribution in [0.5, 0.6) is 0 Å². The van der Waals surface area contributed by atoms with Crippen LogP contribution in [-0.4, -0.2) is 63.2 Å². The van der Waals surface area contributed by atoms with E-state index in [0.29, 0.717) is 19.2 Å². The molecule has 0 aromatic carbocycles. The minimum Gasteiger partial charge on any atom is -0.395 e. The van der Waals surface area contributed by atoms with Crippen molar-refractivity contribution in [3.05, 3.63) is 0 Å². The zero-order valence-electron chi connectivity index (χ0n) is 9.53. The Morgan fingerprint density at radius 2 is 1.79 bits per heavy atom. The molecule has 4 nitrogen and oxygen atoms in total. The Morgan fingerprint density at radius 1 is 1.14 bits per heavy atom. The summed E-state index contributed by atoms with van der Waals surface area (Å²) < 4.78 is 10.0. The number of ether oxygens (including phenoxy) is 2. The van der Waals surface area contributed by atoms with E-state index in [-0.39, 0.29) is 6.61 Å². The van der Waals surface area contributed by atoms with Crippen molar-refractivity contribution in [1.29, 1.82) is 0 Å². The van der Waals surface area contributed by atoms with E-state index in [1.807, 2.05) is 0 Å². The highest BCUT2D eigenvalue weighted by Gasteiger charge is 2.12. The lowest BCUT2D eigenvalue weighted by atomic mass is 10.2. The van der Waals surface area contributed by atoms with Crippen LogP contribution in [-0.2, 0) is 9.47 Å². The Bertz CT molecular complexity index is 122. The third-order valence-corrected chi connectivity index (χ3v) is 2.33. The zero-order valence-corrected chi connectivity index (χ0v) is 9.53. The Balaban J connectivity index is 3.77. The summed E-state index contributed by atoms with van der Waals surface area (Å²) in [4.78, 5) is 2.21. The van der Waals surface area contributed by atoms with Gasteiger partial charge in [-0.15, -0.1) is 0 Å². The summed E-state index contributed by atoms with van der Waals surface area (Å²) in [6.45, 7) is 5.37. The molecule has 0 bridgehead atoms. The molecule has 86 valence electrons. The summed E-state index contributed by atoms with van der Waals surface area (Å²) >= 11 is 0. The van der Waals surface area contributed by atoms with Gasteiger partial charge in [-0.1, -0.05) is 0 Å². The van der Waals surface area contributed by atoms with Crippen LogP contribution in [0, 0.1) is 0 Å². The molecule has 1 N–H and O–H groups in total. The standard InChI is InChI=1S/C10H23NO3/c1-10(4-8-13-2)11(5-7-12)6-9-14-3/h10,12H,4-9H2,1-3H3. The molecular formula is C10H23NO3. The highest BCUT2D eigenvalue weighted by Crippen LogP contribution is 2.03. The highest BCUT2D eigenvalue weighted by molar-refractivity contribution is 4.66. The summed E-state index contributed by atoms with van der Waals surface area (Å²) in [6, 6.07) is 0.428. The van der Waals surface area contributed by atoms with Crippen molar-refractivity contribution >= 4 is 0 Å². The van der Waals surface area contributed by atoms with E-state index in [1.165, 1.54) is 0 Å². The van der Waals surface area contributed by atoms with Gasteiger partial charge in [-0.05, 0) is 13.3 Å². The SMILES string of the molecule is COCCC(C)N(CCO)CCOC. The van der Waals surface area contributed by atoms with E-state index in [2.05, 4.69) is 11.8 Å². The predicted molar refractivity (Wildman–Crippen MR) is 56.5 cm³/mol. The van der Waals surface area contributed by atoms with E-state index in [1.54, 1.807) is 14.2 Å². The molecule has 0 radical (unpaired) electrons. The molecule has 0 aromatic heterocycles.